The van der Waals surface area contributed by atoms with Crippen LogP contribution in [0.25, 0.3) is 0 Å². The Bertz CT molecular complexity index is 812. The molecular formula is C23H35N3O5. The summed E-state index contributed by atoms with van der Waals surface area (Å²) in [5.74, 6) is -0.618. The first-order valence-electron chi connectivity index (χ1n) is 10.9. The number of likely N-dealkylation sites (N-methyl/N-ethyl adjacent to an activating group) is 1. The van der Waals surface area contributed by atoms with Crippen LogP contribution < -0.4 is 10.1 Å². The maximum absolute atomic E-state index is 12.3. The lowest BCUT2D eigenvalue weighted by Gasteiger charge is -2.45. The number of aromatic carboxylic acids is 1. The molecule has 2 fully saturated rings. The van der Waals surface area contributed by atoms with Gasteiger partial charge in [-0.2, -0.15) is 0 Å². The van der Waals surface area contributed by atoms with Crippen molar-refractivity contribution >= 4 is 17.7 Å². The van der Waals surface area contributed by atoms with E-state index in [2.05, 4.69) is 5.32 Å². The third-order valence-corrected chi connectivity index (χ3v) is 5.83. The Hall–Kier alpha value is -2.48. The summed E-state index contributed by atoms with van der Waals surface area (Å²) in [6.07, 6.45) is 2.71. The predicted octanol–water partition coefficient (Wildman–Crippen LogP) is 3.53. The highest BCUT2D eigenvalue weighted by atomic mass is 16.6. The monoisotopic (exact) mass is 433 g/mol. The number of carboxylic acids is 1. The summed E-state index contributed by atoms with van der Waals surface area (Å²) in [4.78, 5) is 27.6. The van der Waals surface area contributed by atoms with Crippen LogP contribution in [0.4, 0.5) is 10.5 Å². The normalized spacial score (nSPS) is 23.0. The Morgan fingerprint density at radius 2 is 2.00 bits per heavy atom. The third kappa shape index (κ3) is 6.03. The fourth-order valence-electron chi connectivity index (χ4n) is 4.32. The number of carbonyl (C=O) groups excluding carboxylic acids is 1. The van der Waals surface area contributed by atoms with Gasteiger partial charge in [0.15, 0.2) is 0 Å². The van der Waals surface area contributed by atoms with Gasteiger partial charge in [-0.1, -0.05) is 0 Å². The maximum atomic E-state index is 12.3. The fourth-order valence-corrected chi connectivity index (χ4v) is 4.32. The molecule has 0 aromatic heterocycles. The number of hydrogen-bond acceptors (Lipinski definition) is 6. The third-order valence-electron chi connectivity index (χ3n) is 5.83. The van der Waals surface area contributed by atoms with Crippen molar-refractivity contribution in [1.29, 1.82) is 0 Å². The maximum Gasteiger partial charge on any atom is 0.410 e. The Kier molecular flexibility index (Phi) is 6.69. The highest BCUT2D eigenvalue weighted by Crippen LogP contribution is 2.49. The van der Waals surface area contributed by atoms with Crippen LogP contribution in [0.1, 0.15) is 50.4 Å². The number of carboxylic acid groups (broad SMARTS) is 1. The molecule has 1 aliphatic carbocycles. The Labute approximate surface area is 184 Å². The summed E-state index contributed by atoms with van der Waals surface area (Å²) < 4.78 is 11.2. The topological polar surface area (TPSA) is 91.3 Å². The van der Waals surface area contributed by atoms with Crippen molar-refractivity contribution in [2.24, 2.45) is 5.41 Å². The molecule has 1 heterocycles. The number of rotatable bonds is 7. The van der Waals surface area contributed by atoms with Crippen LogP contribution in [-0.4, -0.2) is 78.9 Å². The average molecular weight is 434 g/mol. The largest absolute Gasteiger partial charge is 0.491 e. The molecule has 2 aliphatic rings. The number of ether oxygens (including phenoxy) is 2. The second-order valence-electron chi connectivity index (χ2n) is 10.1. The first-order valence-corrected chi connectivity index (χ1v) is 10.9. The molecule has 1 spiro atoms. The summed E-state index contributed by atoms with van der Waals surface area (Å²) in [6, 6.07) is 5.44. The number of likely N-dealkylation sites (tertiary alicyclic amines) is 1. The minimum absolute atomic E-state index is 0.153. The van der Waals surface area contributed by atoms with Gasteiger partial charge in [0, 0.05) is 37.4 Å². The standard InChI is InChI=1S/C23H35N3O5/c1-22(2,3)31-21(29)26-9-8-23(15-26)13-17(14-23)24-16-6-7-18(20(27)28)19(12-16)30-11-10-25(4)5/h6-7,12,17,24H,8-11,13-15H2,1-5H3,(H,27,28). The summed E-state index contributed by atoms with van der Waals surface area (Å²) in [5.41, 5.74) is 0.691. The predicted molar refractivity (Wildman–Crippen MR) is 119 cm³/mol. The van der Waals surface area contributed by atoms with Crippen LogP contribution in [0.5, 0.6) is 5.75 Å². The zero-order chi connectivity index (χ0) is 22.8. The van der Waals surface area contributed by atoms with Gasteiger partial charge >= 0.3 is 12.1 Å². The smallest absolute Gasteiger partial charge is 0.410 e. The first-order chi connectivity index (χ1) is 14.5. The molecule has 1 saturated carbocycles. The molecule has 172 valence electrons. The van der Waals surface area contributed by atoms with E-state index < -0.39 is 11.6 Å². The molecule has 1 amide bonds. The molecule has 2 N–H and O–H groups in total. The number of anilines is 1. The fraction of sp³-hybridized carbons (Fsp3) is 0.652. The molecule has 31 heavy (non-hydrogen) atoms. The number of nitrogens with one attached hydrogen (secondary N) is 1. The van der Waals surface area contributed by atoms with Crippen molar-refractivity contribution in [3.8, 4) is 5.75 Å². The first kappa shape index (κ1) is 23.2. The minimum atomic E-state index is -0.998. The second kappa shape index (κ2) is 8.94. The minimum Gasteiger partial charge on any atom is -0.491 e. The molecule has 1 aromatic carbocycles. The molecule has 0 unspecified atom stereocenters. The van der Waals surface area contributed by atoms with E-state index >= 15 is 0 Å². The molecule has 0 bridgehead atoms. The molecular weight excluding hydrogens is 398 g/mol. The summed E-state index contributed by atoms with van der Waals surface area (Å²) in [5, 5.41) is 12.9. The van der Waals surface area contributed by atoms with Crippen molar-refractivity contribution in [3.63, 3.8) is 0 Å². The van der Waals surface area contributed by atoms with Gasteiger partial charge in [0.05, 0.1) is 0 Å². The number of carbonyl (C=O) groups is 2. The van der Waals surface area contributed by atoms with Crippen molar-refractivity contribution in [2.45, 2.75) is 51.7 Å². The summed E-state index contributed by atoms with van der Waals surface area (Å²) in [7, 11) is 3.89. The van der Waals surface area contributed by atoms with E-state index in [1.54, 1.807) is 18.2 Å². The van der Waals surface area contributed by atoms with Crippen molar-refractivity contribution in [1.82, 2.24) is 9.80 Å². The SMILES string of the molecule is CN(C)CCOc1cc(NC2CC3(CCN(C(=O)OC(C)(C)C)C3)C2)ccc1C(=O)O. The van der Waals surface area contributed by atoms with Gasteiger partial charge in [-0.3, -0.25) is 0 Å². The summed E-state index contributed by atoms with van der Waals surface area (Å²) in [6.45, 7) is 8.24. The van der Waals surface area contributed by atoms with E-state index in [4.69, 9.17) is 9.47 Å². The number of benzene rings is 1. The lowest BCUT2D eigenvalue weighted by Crippen LogP contribution is -2.47. The van der Waals surface area contributed by atoms with Crippen molar-refractivity contribution < 1.29 is 24.2 Å². The van der Waals surface area contributed by atoms with Crippen molar-refractivity contribution in [2.75, 3.05) is 45.7 Å². The van der Waals surface area contributed by atoms with Gasteiger partial charge in [0.2, 0.25) is 0 Å². The molecule has 8 heteroatoms. The Morgan fingerprint density at radius 3 is 2.61 bits per heavy atom. The molecule has 0 radical (unpaired) electrons. The molecule has 1 saturated heterocycles. The lowest BCUT2D eigenvalue weighted by molar-refractivity contribution is 0.0237. The Morgan fingerprint density at radius 1 is 1.29 bits per heavy atom. The van der Waals surface area contributed by atoms with Gasteiger partial charge in [0.25, 0.3) is 0 Å². The zero-order valence-electron chi connectivity index (χ0n) is 19.2. The molecule has 1 aliphatic heterocycles. The molecule has 0 atom stereocenters. The van der Waals surface area contributed by atoms with E-state index in [0.717, 1.165) is 38.0 Å². The van der Waals surface area contributed by atoms with Gasteiger partial charge in [-0.25, -0.2) is 9.59 Å². The van der Waals surface area contributed by atoms with E-state index in [9.17, 15) is 14.7 Å². The van der Waals surface area contributed by atoms with E-state index in [1.807, 2.05) is 44.7 Å². The number of nitrogens with zero attached hydrogens (tertiary/aromatic N) is 2. The molecule has 1 aromatic rings. The highest BCUT2D eigenvalue weighted by Gasteiger charge is 2.50. The van der Waals surface area contributed by atoms with Crippen LogP contribution in [0.3, 0.4) is 0 Å². The van der Waals surface area contributed by atoms with E-state index in [0.29, 0.717) is 24.9 Å². The Balaban J connectivity index is 1.55. The van der Waals surface area contributed by atoms with Gasteiger partial charge in [-0.05, 0) is 71.7 Å². The van der Waals surface area contributed by atoms with Crippen LogP contribution in [0.15, 0.2) is 18.2 Å². The van der Waals surface area contributed by atoms with Crippen LogP contribution in [0.2, 0.25) is 0 Å². The average Bonchev–Trinajstić information content (AvgIpc) is 3.05. The second-order valence-corrected chi connectivity index (χ2v) is 10.1. The van der Waals surface area contributed by atoms with Gasteiger partial charge in [-0.15, -0.1) is 0 Å². The van der Waals surface area contributed by atoms with Crippen LogP contribution in [0, 0.1) is 5.41 Å². The van der Waals surface area contributed by atoms with Gasteiger partial charge in [0.1, 0.15) is 23.5 Å². The number of hydrogen-bond donors (Lipinski definition) is 2. The quantitative estimate of drug-likeness (QED) is 0.680. The van der Waals surface area contributed by atoms with Crippen LogP contribution in [-0.2, 0) is 4.74 Å². The van der Waals surface area contributed by atoms with E-state index in [1.165, 1.54) is 0 Å². The lowest BCUT2D eigenvalue weighted by atomic mass is 9.65. The molecule has 8 nitrogen and oxygen atoms in total. The highest BCUT2D eigenvalue weighted by molar-refractivity contribution is 5.91. The zero-order valence-corrected chi connectivity index (χ0v) is 19.2. The van der Waals surface area contributed by atoms with E-state index in [-0.39, 0.29) is 17.1 Å². The van der Waals surface area contributed by atoms with Gasteiger partial charge < -0.3 is 29.7 Å². The van der Waals surface area contributed by atoms with Crippen molar-refractivity contribution in [3.05, 3.63) is 23.8 Å². The summed E-state index contributed by atoms with van der Waals surface area (Å²) >= 11 is 0. The van der Waals surface area contributed by atoms with Crippen LogP contribution >= 0.6 is 0 Å². The molecule has 3 rings (SSSR count). The number of amides is 1.